The second kappa shape index (κ2) is 6.80. The van der Waals surface area contributed by atoms with Crippen molar-refractivity contribution < 1.29 is 9.53 Å². The van der Waals surface area contributed by atoms with E-state index in [9.17, 15) is 4.79 Å². The number of ether oxygens (including phenoxy) is 1. The number of hydrogen-bond acceptors (Lipinski definition) is 4. The van der Waals surface area contributed by atoms with E-state index in [0.29, 0.717) is 5.56 Å². The van der Waals surface area contributed by atoms with Gasteiger partial charge in [-0.2, -0.15) is 0 Å². The highest BCUT2D eigenvalue weighted by Crippen LogP contribution is 2.24. The van der Waals surface area contributed by atoms with Crippen molar-refractivity contribution in [3.05, 3.63) is 56.8 Å². The lowest BCUT2D eigenvalue weighted by Crippen LogP contribution is -2.26. The standard InChI is InChI=1S/C10H10N6O2/c1-18-10(17)9(14-16-12)8(13-15-11)7-5-3-2-4-6-7/h2-6,8-9H,1H3. The molecule has 2 atom stereocenters. The molecule has 0 bridgehead atoms. The van der Waals surface area contributed by atoms with E-state index in [1.54, 1.807) is 30.3 Å². The fourth-order valence-electron chi connectivity index (χ4n) is 1.43. The summed E-state index contributed by atoms with van der Waals surface area (Å²) >= 11 is 0. The maximum absolute atomic E-state index is 11.5. The van der Waals surface area contributed by atoms with Gasteiger partial charge >= 0.3 is 5.97 Å². The van der Waals surface area contributed by atoms with Crippen LogP contribution in [0.3, 0.4) is 0 Å². The Balaban J connectivity index is 3.21. The monoisotopic (exact) mass is 246 g/mol. The lowest BCUT2D eigenvalue weighted by Gasteiger charge is -2.16. The summed E-state index contributed by atoms with van der Waals surface area (Å²) in [5, 5.41) is 6.83. The molecule has 18 heavy (non-hydrogen) atoms. The Morgan fingerprint density at radius 2 is 1.83 bits per heavy atom. The number of carbonyl (C=O) groups is 1. The largest absolute Gasteiger partial charge is 0.469 e. The molecule has 0 heterocycles. The minimum absolute atomic E-state index is 0.568. The molecule has 0 amide bonds. The van der Waals surface area contributed by atoms with Crippen molar-refractivity contribution in [2.45, 2.75) is 12.1 Å². The fourth-order valence-corrected chi connectivity index (χ4v) is 1.43. The van der Waals surface area contributed by atoms with E-state index in [1.165, 1.54) is 7.11 Å². The number of azide groups is 2. The van der Waals surface area contributed by atoms with Crippen molar-refractivity contribution in [3.63, 3.8) is 0 Å². The first-order valence-corrected chi connectivity index (χ1v) is 4.95. The number of benzene rings is 1. The van der Waals surface area contributed by atoms with Crippen LogP contribution in [0.25, 0.3) is 20.9 Å². The molecule has 8 nitrogen and oxygen atoms in total. The van der Waals surface area contributed by atoms with Crippen LogP contribution in [0.1, 0.15) is 11.6 Å². The summed E-state index contributed by atoms with van der Waals surface area (Å²) in [6.07, 6.45) is 0. The molecule has 0 saturated carbocycles. The normalized spacial score (nSPS) is 12.5. The molecular weight excluding hydrogens is 236 g/mol. The zero-order valence-corrected chi connectivity index (χ0v) is 9.54. The first kappa shape index (κ1) is 13.4. The van der Waals surface area contributed by atoms with E-state index in [0.717, 1.165) is 0 Å². The summed E-state index contributed by atoms with van der Waals surface area (Å²) in [7, 11) is 1.17. The van der Waals surface area contributed by atoms with E-state index in [2.05, 4.69) is 24.8 Å². The van der Waals surface area contributed by atoms with Gasteiger partial charge in [0.2, 0.25) is 0 Å². The predicted octanol–water partition coefficient (Wildman–Crippen LogP) is 2.89. The van der Waals surface area contributed by atoms with Gasteiger partial charge in [-0.3, -0.25) is 4.79 Å². The van der Waals surface area contributed by atoms with E-state index in [4.69, 9.17) is 11.1 Å². The second-order valence-corrected chi connectivity index (χ2v) is 3.23. The van der Waals surface area contributed by atoms with Crippen LogP contribution in [0.15, 0.2) is 40.6 Å². The van der Waals surface area contributed by atoms with Crippen LogP contribution in [0.5, 0.6) is 0 Å². The quantitative estimate of drug-likeness (QED) is 0.343. The average Bonchev–Trinajstić information content (AvgIpc) is 2.43. The second-order valence-electron chi connectivity index (χ2n) is 3.23. The van der Waals surface area contributed by atoms with E-state index >= 15 is 0 Å². The lowest BCUT2D eigenvalue weighted by atomic mass is 10.0. The minimum atomic E-state index is -1.22. The molecule has 0 N–H and O–H groups in total. The van der Waals surface area contributed by atoms with Gasteiger partial charge in [0.15, 0.2) is 0 Å². The first-order chi connectivity index (χ1) is 8.74. The summed E-state index contributed by atoms with van der Waals surface area (Å²) in [4.78, 5) is 16.8. The van der Waals surface area contributed by atoms with Crippen LogP contribution in [-0.4, -0.2) is 19.1 Å². The molecule has 0 aromatic heterocycles. The highest BCUT2D eigenvalue weighted by atomic mass is 16.5. The first-order valence-electron chi connectivity index (χ1n) is 4.95. The van der Waals surface area contributed by atoms with Crippen molar-refractivity contribution in [1.29, 1.82) is 0 Å². The number of nitrogens with zero attached hydrogens (tertiary/aromatic N) is 6. The molecule has 1 aromatic carbocycles. The average molecular weight is 246 g/mol. The van der Waals surface area contributed by atoms with Crippen molar-refractivity contribution in [2.75, 3.05) is 7.11 Å². The van der Waals surface area contributed by atoms with Gasteiger partial charge in [-0.25, -0.2) is 0 Å². The van der Waals surface area contributed by atoms with Crippen LogP contribution in [0.4, 0.5) is 0 Å². The highest BCUT2D eigenvalue weighted by molar-refractivity contribution is 5.77. The Hall–Kier alpha value is -2.69. The molecule has 0 saturated heterocycles. The Labute approximate surface area is 102 Å². The summed E-state index contributed by atoms with van der Waals surface area (Å²) in [5.74, 6) is -0.756. The zero-order valence-electron chi connectivity index (χ0n) is 9.54. The molecule has 8 heteroatoms. The van der Waals surface area contributed by atoms with Crippen molar-refractivity contribution >= 4 is 5.97 Å². The van der Waals surface area contributed by atoms with Crippen LogP contribution in [-0.2, 0) is 9.53 Å². The molecular formula is C10H10N6O2. The van der Waals surface area contributed by atoms with Crippen molar-refractivity contribution in [1.82, 2.24) is 0 Å². The van der Waals surface area contributed by atoms with Crippen molar-refractivity contribution in [2.24, 2.45) is 10.2 Å². The molecule has 0 aliphatic heterocycles. The Kier molecular flexibility index (Phi) is 5.05. The highest BCUT2D eigenvalue weighted by Gasteiger charge is 2.28. The molecule has 0 radical (unpaired) electrons. The molecule has 2 unspecified atom stereocenters. The number of hydrogen-bond donors (Lipinski definition) is 0. The third-order valence-corrected chi connectivity index (χ3v) is 2.23. The van der Waals surface area contributed by atoms with Gasteiger partial charge in [-0.15, -0.1) is 0 Å². The van der Waals surface area contributed by atoms with Gasteiger partial charge in [0.1, 0.15) is 6.04 Å². The van der Waals surface area contributed by atoms with Crippen LogP contribution in [0.2, 0.25) is 0 Å². The van der Waals surface area contributed by atoms with E-state index < -0.39 is 18.1 Å². The topological polar surface area (TPSA) is 124 Å². The smallest absolute Gasteiger partial charge is 0.315 e. The molecule has 0 aliphatic carbocycles. The summed E-state index contributed by atoms with van der Waals surface area (Å²) in [5.41, 5.74) is 17.6. The minimum Gasteiger partial charge on any atom is -0.469 e. The fraction of sp³-hybridized carbons (Fsp3) is 0.300. The number of rotatable bonds is 5. The zero-order chi connectivity index (χ0) is 13.4. The molecule has 92 valence electrons. The van der Waals surface area contributed by atoms with Gasteiger partial charge in [-0.1, -0.05) is 40.6 Å². The maximum Gasteiger partial charge on any atom is 0.315 e. The van der Waals surface area contributed by atoms with Gasteiger partial charge in [0.05, 0.1) is 13.2 Å². The number of carbonyl (C=O) groups excluding carboxylic acids is 1. The summed E-state index contributed by atoms with van der Waals surface area (Å²) < 4.78 is 4.53. The third-order valence-electron chi connectivity index (χ3n) is 2.23. The maximum atomic E-state index is 11.5. The van der Waals surface area contributed by atoms with Crippen LogP contribution in [0, 0.1) is 0 Å². The number of esters is 1. The predicted molar refractivity (Wildman–Crippen MR) is 63.3 cm³/mol. The van der Waals surface area contributed by atoms with Crippen LogP contribution < -0.4 is 0 Å². The van der Waals surface area contributed by atoms with Gasteiger partial charge < -0.3 is 4.74 Å². The molecule has 0 spiro atoms. The van der Waals surface area contributed by atoms with Gasteiger partial charge in [0.25, 0.3) is 0 Å². The van der Waals surface area contributed by atoms with Crippen LogP contribution >= 0.6 is 0 Å². The Morgan fingerprint density at radius 1 is 1.22 bits per heavy atom. The summed E-state index contributed by atoms with van der Waals surface area (Å²) in [6.45, 7) is 0. The Morgan fingerprint density at radius 3 is 2.33 bits per heavy atom. The van der Waals surface area contributed by atoms with Crippen molar-refractivity contribution in [3.8, 4) is 0 Å². The molecule has 0 fully saturated rings. The SMILES string of the molecule is COC(=O)C(N=[N+]=[N-])C(N=[N+]=[N-])c1ccccc1. The van der Waals surface area contributed by atoms with Gasteiger partial charge in [-0.05, 0) is 16.6 Å². The van der Waals surface area contributed by atoms with E-state index in [-0.39, 0.29) is 0 Å². The van der Waals surface area contributed by atoms with E-state index in [1.807, 2.05) is 0 Å². The number of methoxy groups -OCH3 is 1. The molecule has 1 aromatic rings. The molecule has 0 aliphatic rings. The summed E-state index contributed by atoms with van der Waals surface area (Å²) in [6, 6.07) is 6.40. The third kappa shape index (κ3) is 3.15. The van der Waals surface area contributed by atoms with Gasteiger partial charge in [0, 0.05) is 9.82 Å². The lowest BCUT2D eigenvalue weighted by molar-refractivity contribution is -0.142. The molecule has 1 rings (SSSR count). The Bertz CT molecular complexity index is 504.